The first-order valence-electron chi connectivity index (χ1n) is 6.15. The van der Waals surface area contributed by atoms with Crippen LogP contribution < -0.4 is 0 Å². The van der Waals surface area contributed by atoms with Gasteiger partial charge in [-0.15, -0.1) is 16.7 Å². The lowest BCUT2D eigenvalue weighted by Gasteiger charge is -2.09. The zero-order valence-electron chi connectivity index (χ0n) is 10.7. The zero-order valence-corrected chi connectivity index (χ0v) is 12.3. The molecule has 0 saturated carbocycles. The molecule has 3 heterocycles. The van der Waals surface area contributed by atoms with Gasteiger partial charge in [0.15, 0.2) is 5.65 Å². The van der Waals surface area contributed by atoms with E-state index in [1.54, 1.807) is 23.1 Å². The number of nitrogens with zero attached hydrogens (tertiary/aromatic N) is 6. The fourth-order valence-electron chi connectivity index (χ4n) is 2.08. The van der Waals surface area contributed by atoms with Crippen LogP contribution in [0.5, 0.6) is 0 Å². The predicted octanol–water partition coefficient (Wildman–Crippen LogP) is 2.68. The molecule has 0 aliphatic carbocycles. The molecule has 6 nitrogen and oxygen atoms in total. The van der Waals surface area contributed by atoms with Crippen molar-refractivity contribution in [3.8, 4) is 0 Å². The molecule has 1 atom stereocenters. The molecule has 0 bridgehead atoms. The lowest BCUT2D eigenvalue weighted by atomic mass is 10.4. The van der Waals surface area contributed by atoms with Crippen molar-refractivity contribution in [1.29, 1.82) is 0 Å². The largest absolute Gasteiger partial charge is 0.310 e. The number of imidazole rings is 1. The van der Waals surface area contributed by atoms with Crippen LogP contribution in [0.25, 0.3) is 11.2 Å². The van der Waals surface area contributed by atoms with Crippen LogP contribution in [0.1, 0.15) is 18.1 Å². The number of aryl methyl sites for hydroxylation is 2. The third-order valence-corrected chi connectivity index (χ3v) is 3.36. The van der Waals surface area contributed by atoms with Gasteiger partial charge in [-0.05, 0) is 13.0 Å². The normalized spacial score (nSPS) is 12.9. The average molecular weight is 311 g/mol. The number of pyridine rings is 1. The first-order chi connectivity index (χ1) is 9.65. The standard InChI is InChI=1S/C12H12Cl2N6/c1-8(13)11-17-10-6-9(14)7-15-12(10)20(11)5-4-19-3-2-16-18-19/h2-3,6-8H,4-5H2,1H3. The molecular formula is C12H12Cl2N6. The molecule has 0 N–H and O–H groups in total. The average Bonchev–Trinajstić information content (AvgIpc) is 3.02. The first-order valence-corrected chi connectivity index (χ1v) is 6.96. The lowest BCUT2D eigenvalue weighted by Crippen LogP contribution is -2.11. The second-order valence-electron chi connectivity index (χ2n) is 4.40. The molecular weight excluding hydrogens is 299 g/mol. The maximum atomic E-state index is 6.20. The van der Waals surface area contributed by atoms with Crippen LogP contribution in [0, 0.1) is 0 Å². The molecule has 0 radical (unpaired) electrons. The highest BCUT2D eigenvalue weighted by molar-refractivity contribution is 6.31. The molecule has 1 unspecified atom stereocenters. The number of hydrogen-bond donors (Lipinski definition) is 0. The van der Waals surface area contributed by atoms with Gasteiger partial charge >= 0.3 is 0 Å². The van der Waals surface area contributed by atoms with Crippen molar-refractivity contribution in [2.45, 2.75) is 25.4 Å². The fraction of sp³-hybridized carbons (Fsp3) is 0.333. The van der Waals surface area contributed by atoms with Crippen molar-refractivity contribution >= 4 is 34.4 Å². The molecule has 0 amide bonds. The van der Waals surface area contributed by atoms with E-state index in [1.165, 1.54) is 0 Å². The summed E-state index contributed by atoms with van der Waals surface area (Å²) in [4.78, 5) is 8.86. The van der Waals surface area contributed by atoms with E-state index in [9.17, 15) is 0 Å². The Morgan fingerprint density at radius 3 is 2.90 bits per heavy atom. The number of alkyl halides is 1. The summed E-state index contributed by atoms with van der Waals surface area (Å²) in [6, 6.07) is 1.79. The Morgan fingerprint density at radius 2 is 2.20 bits per heavy atom. The Morgan fingerprint density at radius 1 is 1.35 bits per heavy atom. The summed E-state index contributed by atoms with van der Waals surface area (Å²) in [5.74, 6) is 0.775. The van der Waals surface area contributed by atoms with Gasteiger partial charge in [0, 0.05) is 18.9 Å². The topological polar surface area (TPSA) is 61.4 Å². The number of halogens is 2. The molecule has 0 spiro atoms. The molecule has 8 heteroatoms. The molecule has 0 fully saturated rings. The van der Waals surface area contributed by atoms with E-state index in [2.05, 4.69) is 20.3 Å². The van der Waals surface area contributed by atoms with Gasteiger partial charge < -0.3 is 4.57 Å². The summed E-state index contributed by atoms with van der Waals surface area (Å²) >= 11 is 12.2. The summed E-state index contributed by atoms with van der Waals surface area (Å²) in [5, 5.41) is 8.08. The molecule has 3 aromatic heterocycles. The minimum atomic E-state index is -0.210. The van der Waals surface area contributed by atoms with E-state index in [0.717, 1.165) is 17.0 Å². The Balaban J connectivity index is 2.00. The van der Waals surface area contributed by atoms with Crippen molar-refractivity contribution in [1.82, 2.24) is 29.5 Å². The maximum Gasteiger partial charge on any atom is 0.160 e. The highest BCUT2D eigenvalue weighted by atomic mass is 35.5. The number of rotatable bonds is 4. The van der Waals surface area contributed by atoms with Crippen LogP contribution in [0.3, 0.4) is 0 Å². The number of fused-ring (bicyclic) bond motifs is 1. The van der Waals surface area contributed by atoms with Gasteiger partial charge in [-0.3, -0.25) is 4.68 Å². The van der Waals surface area contributed by atoms with E-state index in [1.807, 2.05) is 17.7 Å². The van der Waals surface area contributed by atoms with Gasteiger partial charge in [-0.2, -0.15) is 0 Å². The maximum absolute atomic E-state index is 6.20. The fourth-order valence-corrected chi connectivity index (χ4v) is 2.40. The molecule has 0 aliphatic rings. The van der Waals surface area contributed by atoms with E-state index in [4.69, 9.17) is 23.2 Å². The highest BCUT2D eigenvalue weighted by Gasteiger charge is 2.16. The van der Waals surface area contributed by atoms with E-state index in [-0.39, 0.29) is 5.38 Å². The van der Waals surface area contributed by atoms with Crippen molar-refractivity contribution < 1.29 is 0 Å². The summed E-state index contributed by atoms with van der Waals surface area (Å²) in [6.07, 6.45) is 5.07. The van der Waals surface area contributed by atoms with Crippen molar-refractivity contribution in [2.24, 2.45) is 0 Å². The van der Waals surface area contributed by atoms with Crippen LogP contribution in [-0.2, 0) is 13.1 Å². The summed E-state index contributed by atoms with van der Waals surface area (Å²) in [7, 11) is 0. The minimum absolute atomic E-state index is 0.210. The second-order valence-corrected chi connectivity index (χ2v) is 5.49. The first kappa shape index (κ1) is 13.3. The Bertz CT molecular complexity index is 719. The Kier molecular flexibility index (Phi) is 3.58. The summed E-state index contributed by atoms with van der Waals surface area (Å²) in [6.45, 7) is 3.23. The van der Waals surface area contributed by atoms with Gasteiger partial charge in [0.2, 0.25) is 0 Å². The number of aromatic nitrogens is 6. The summed E-state index contributed by atoms with van der Waals surface area (Å²) < 4.78 is 3.75. The molecule has 3 rings (SSSR count). The van der Waals surface area contributed by atoms with Gasteiger partial charge in [0.25, 0.3) is 0 Å². The third kappa shape index (κ3) is 2.48. The Hall–Kier alpha value is -1.66. The van der Waals surface area contributed by atoms with Crippen molar-refractivity contribution in [3.05, 3.63) is 35.5 Å². The van der Waals surface area contributed by atoms with Crippen LogP contribution in [0.2, 0.25) is 5.02 Å². The molecule has 0 aromatic carbocycles. The van der Waals surface area contributed by atoms with Gasteiger partial charge in [0.05, 0.1) is 23.1 Å². The molecule has 20 heavy (non-hydrogen) atoms. The van der Waals surface area contributed by atoms with Gasteiger partial charge in [0.1, 0.15) is 11.3 Å². The van der Waals surface area contributed by atoms with Crippen LogP contribution in [-0.4, -0.2) is 29.5 Å². The Labute approximate surface area is 125 Å². The van der Waals surface area contributed by atoms with E-state index >= 15 is 0 Å². The van der Waals surface area contributed by atoms with Crippen molar-refractivity contribution in [2.75, 3.05) is 0 Å². The quantitative estimate of drug-likeness (QED) is 0.695. The molecule has 3 aromatic rings. The van der Waals surface area contributed by atoms with Gasteiger partial charge in [-0.25, -0.2) is 9.97 Å². The van der Waals surface area contributed by atoms with Crippen molar-refractivity contribution in [3.63, 3.8) is 0 Å². The summed E-state index contributed by atoms with van der Waals surface area (Å²) in [5.41, 5.74) is 1.52. The highest BCUT2D eigenvalue weighted by Crippen LogP contribution is 2.24. The van der Waals surface area contributed by atoms with Crippen LogP contribution in [0.4, 0.5) is 0 Å². The third-order valence-electron chi connectivity index (χ3n) is 2.96. The lowest BCUT2D eigenvalue weighted by molar-refractivity contribution is 0.513. The minimum Gasteiger partial charge on any atom is -0.310 e. The smallest absolute Gasteiger partial charge is 0.160 e. The monoisotopic (exact) mass is 310 g/mol. The molecule has 0 saturated heterocycles. The molecule has 0 aliphatic heterocycles. The van der Waals surface area contributed by atoms with E-state index in [0.29, 0.717) is 18.1 Å². The van der Waals surface area contributed by atoms with E-state index < -0.39 is 0 Å². The van der Waals surface area contributed by atoms with Crippen LogP contribution >= 0.6 is 23.2 Å². The molecule has 104 valence electrons. The van der Waals surface area contributed by atoms with Gasteiger partial charge in [-0.1, -0.05) is 16.8 Å². The predicted molar refractivity (Wildman–Crippen MR) is 76.8 cm³/mol. The SMILES string of the molecule is CC(Cl)c1nc2cc(Cl)cnc2n1CCn1ccnn1. The zero-order chi connectivity index (χ0) is 14.1. The second kappa shape index (κ2) is 5.38. The number of hydrogen-bond acceptors (Lipinski definition) is 4. The van der Waals surface area contributed by atoms with Crippen LogP contribution in [0.15, 0.2) is 24.7 Å².